The van der Waals surface area contributed by atoms with Gasteiger partial charge < -0.3 is 9.47 Å². The van der Waals surface area contributed by atoms with Crippen molar-refractivity contribution in [1.29, 1.82) is 0 Å². The van der Waals surface area contributed by atoms with Crippen LogP contribution in [0.3, 0.4) is 0 Å². The molecule has 1 aliphatic heterocycles. The third-order valence-electron chi connectivity index (χ3n) is 4.79. The highest BCUT2D eigenvalue weighted by atomic mass is 32.1. The van der Waals surface area contributed by atoms with Crippen LogP contribution >= 0.6 is 11.3 Å². The number of anilines is 1. The number of benzene rings is 2. The Morgan fingerprint density at radius 2 is 1.93 bits per heavy atom. The van der Waals surface area contributed by atoms with Gasteiger partial charge in [-0.25, -0.2) is 4.98 Å². The van der Waals surface area contributed by atoms with Crippen LogP contribution in [0.5, 0.6) is 5.75 Å². The summed E-state index contributed by atoms with van der Waals surface area (Å²) in [6, 6.07) is 16.4. The number of ketones is 1. The molecular weight excluding hydrogens is 400 g/mol. The van der Waals surface area contributed by atoms with Crippen LogP contribution < -0.4 is 10.1 Å². The van der Waals surface area contributed by atoms with E-state index in [1.165, 1.54) is 18.3 Å². The van der Waals surface area contributed by atoms with Gasteiger partial charge in [0, 0.05) is 24.7 Å². The summed E-state index contributed by atoms with van der Waals surface area (Å²) in [4.78, 5) is 29.7. The monoisotopic (exact) mass is 422 g/mol. The van der Waals surface area contributed by atoms with Gasteiger partial charge in [0.2, 0.25) is 0 Å². The SMILES string of the molecule is CC(=O)c1sc(NC(=O)c2ccc(OC[C@H]3CCCO3)cc2)nc1-c1ccccc1. The van der Waals surface area contributed by atoms with E-state index < -0.39 is 0 Å². The molecule has 4 rings (SSSR count). The lowest BCUT2D eigenvalue weighted by Gasteiger charge is -2.11. The average molecular weight is 423 g/mol. The maximum atomic E-state index is 12.6. The van der Waals surface area contributed by atoms with Crippen molar-refractivity contribution in [1.82, 2.24) is 4.98 Å². The number of aromatic nitrogens is 1. The number of hydrogen-bond donors (Lipinski definition) is 1. The molecule has 1 aliphatic rings. The molecule has 0 aliphatic carbocycles. The van der Waals surface area contributed by atoms with Crippen molar-refractivity contribution in [3.8, 4) is 17.0 Å². The molecular formula is C23H22N2O4S. The molecule has 1 aromatic heterocycles. The number of thiazole rings is 1. The van der Waals surface area contributed by atoms with E-state index in [1.54, 1.807) is 24.3 Å². The second-order valence-electron chi connectivity index (χ2n) is 7.04. The highest BCUT2D eigenvalue weighted by Crippen LogP contribution is 2.31. The summed E-state index contributed by atoms with van der Waals surface area (Å²) in [5, 5.41) is 3.19. The molecule has 30 heavy (non-hydrogen) atoms. The quantitative estimate of drug-likeness (QED) is 0.552. The number of hydrogen-bond acceptors (Lipinski definition) is 6. The van der Waals surface area contributed by atoms with Crippen molar-refractivity contribution in [3.63, 3.8) is 0 Å². The fourth-order valence-corrected chi connectivity index (χ4v) is 4.12. The summed E-state index contributed by atoms with van der Waals surface area (Å²) in [6.07, 6.45) is 2.23. The number of nitrogens with one attached hydrogen (secondary N) is 1. The minimum atomic E-state index is -0.288. The molecule has 3 aromatic rings. The zero-order valence-corrected chi connectivity index (χ0v) is 17.4. The molecule has 0 saturated carbocycles. The molecule has 1 fully saturated rings. The molecule has 1 amide bonds. The molecule has 2 aromatic carbocycles. The number of Topliss-reactive ketones (excluding diaryl/α,β-unsaturated/α-hetero) is 1. The first kappa shape index (κ1) is 20.3. The van der Waals surface area contributed by atoms with Crippen LogP contribution in [-0.4, -0.2) is 36.0 Å². The van der Waals surface area contributed by atoms with Crippen LogP contribution in [-0.2, 0) is 4.74 Å². The van der Waals surface area contributed by atoms with Crippen molar-refractivity contribution in [2.75, 3.05) is 18.5 Å². The van der Waals surface area contributed by atoms with Gasteiger partial charge >= 0.3 is 0 Å². The Morgan fingerprint density at radius 1 is 1.17 bits per heavy atom. The number of carbonyl (C=O) groups excluding carboxylic acids is 2. The Balaban J connectivity index is 1.44. The Morgan fingerprint density at radius 3 is 2.60 bits per heavy atom. The average Bonchev–Trinajstić information content (AvgIpc) is 3.43. The van der Waals surface area contributed by atoms with Crippen molar-refractivity contribution < 1.29 is 19.1 Å². The van der Waals surface area contributed by atoms with Crippen LogP contribution in [0.2, 0.25) is 0 Å². The largest absolute Gasteiger partial charge is 0.491 e. The Labute approximate surface area is 178 Å². The van der Waals surface area contributed by atoms with Crippen molar-refractivity contribution in [3.05, 3.63) is 65.0 Å². The van der Waals surface area contributed by atoms with Crippen molar-refractivity contribution in [2.45, 2.75) is 25.9 Å². The molecule has 1 atom stereocenters. The zero-order valence-electron chi connectivity index (χ0n) is 16.6. The predicted octanol–water partition coefficient (Wildman–Crippen LogP) is 4.82. The van der Waals surface area contributed by atoms with E-state index in [1.807, 2.05) is 30.3 Å². The van der Waals surface area contributed by atoms with Gasteiger partial charge in [-0.1, -0.05) is 41.7 Å². The molecule has 0 radical (unpaired) electrons. The van der Waals surface area contributed by atoms with Gasteiger partial charge in [0.05, 0.1) is 16.7 Å². The maximum Gasteiger partial charge on any atom is 0.257 e. The zero-order chi connectivity index (χ0) is 20.9. The topological polar surface area (TPSA) is 77.5 Å². The van der Waals surface area contributed by atoms with E-state index in [4.69, 9.17) is 9.47 Å². The van der Waals surface area contributed by atoms with Gasteiger partial charge in [0.15, 0.2) is 10.9 Å². The molecule has 1 saturated heterocycles. The van der Waals surface area contributed by atoms with Crippen molar-refractivity contribution >= 4 is 28.2 Å². The highest BCUT2D eigenvalue weighted by molar-refractivity contribution is 7.18. The highest BCUT2D eigenvalue weighted by Gasteiger charge is 2.19. The number of rotatable bonds is 7. The minimum Gasteiger partial charge on any atom is -0.491 e. The lowest BCUT2D eigenvalue weighted by atomic mass is 10.1. The molecule has 0 spiro atoms. The normalized spacial score (nSPS) is 15.7. The first-order valence-electron chi connectivity index (χ1n) is 9.83. The van der Waals surface area contributed by atoms with Gasteiger partial charge in [0.25, 0.3) is 5.91 Å². The first-order valence-corrected chi connectivity index (χ1v) is 10.6. The summed E-state index contributed by atoms with van der Waals surface area (Å²) >= 11 is 1.18. The van der Waals surface area contributed by atoms with E-state index in [0.29, 0.717) is 33.6 Å². The second-order valence-corrected chi connectivity index (χ2v) is 8.04. The molecule has 0 unspecified atom stereocenters. The molecule has 1 N–H and O–H groups in total. The van der Waals surface area contributed by atoms with E-state index in [0.717, 1.165) is 25.0 Å². The van der Waals surface area contributed by atoms with Gasteiger partial charge in [-0.15, -0.1) is 0 Å². The maximum absolute atomic E-state index is 12.6. The van der Waals surface area contributed by atoms with Gasteiger partial charge in [-0.2, -0.15) is 0 Å². The molecule has 2 heterocycles. The lowest BCUT2D eigenvalue weighted by Crippen LogP contribution is -2.16. The van der Waals surface area contributed by atoms with Crippen LogP contribution in [0.15, 0.2) is 54.6 Å². The van der Waals surface area contributed by atoms with E-state index in [-0.39, 0.29) is 17.8 Å². The van der Waals surface area contributed by atoms with Crippen LogP contribution in [0.1, 0.15) is 39.8 Å². The Kier molecular flexibility index (Phi) is 6.21. The summed E-state index contributed by atoms with van der Waals surface area (Å²) in [6.45, 7) is 2.81. The standard InChI is InChI=1S/C23H22N2O4S/c1-15(26)21-20(16-6-3-2-4-7-16)24-23(30-21)25-22(27)17-9-11-18(12-10-17)29-14-19-8-5-13-28-19/h2-4,6-7,9-12,19H,5,8,13-14H2,1H3,(H,24,25,27)/t19-/m1/s1. The number of nitrogens with zero attached hydrogens (tertiary/aromatic N) is 1. The van der Waals surface area contributed by atoms with E-state index in [9.17, 15) is 9.59 Å². The van der Waals surface area contributed by atoms with Crippen molar-refractivity contribution in [2.24, 2.45) is 0 Å². The minimum absolute atomic E-state index is 0.0837. The third kappa shape index (κ3) is 4.75. The summed E-state index contributed by atoms with van der Waals surface area (Å²) in [5.41, 5.74) is 1.91. The van der Waals surface area contributed by atoms with Crippen LogP contribution in [0.4, 0.5) is 5.13 Å². The van der Waals surface area contributed by atoms with Gasteiger partial charge in [-0.05, 0) is 37.1 Å². The smallest absolute Gasteiger partial charge is 0.257 e. The van der Waals surface area contributed by atoms with Crippen LogP contribution in [0, 0.1) is 0 Å². The molecule has 154 valence electrons. The van der Waals surface area contributed by atoms with E-state index >= 15 is 0 Å². The third-order valence-corrected chi connectivity index (χ3v) is 5.86. The van der Waals surface area contributed by atoms with Gasteiger partial charge in [-0.3, -0.25) is 14.9 Å². The predicted molar refractivity (Wildman–Crippen MR) is 116 cm³/mol. The second kappa shape index (κ2) is 9.19. The number of carbonyl (C=O) groups is 2. The summed E-state index contributed by atoms with van der Waals surface area (Å²) in [7, 11) is 0. The molecule has 0 bridgehead atoms. The van der Waals surface area contributed by atoms with Gasteiger partial charge in [0.1, 0.15) is 12.4 Å². The summed E-state index contributed by atoms with van der Waals surface area (Å²) < 4.78 is 11.3. The van der Waals surface area contributed by atoms with E-state index in [2.05, 4.69) is 10.3 Å². The molecule has 7 heteroatoms. The first-order chi connectivity index (χ1) is 14.6. The Bertz CT molecular complexity index is 1030. The summed E-state index contributed by atoms with van der Waals surface area (Å²) in [5.74, 6) is 0.324. The number of amides is 1. The number of ether oxygens (including phenoxy) is 2. The Hall–Kier alpha value is -3.03. The lowest BCUT2D eigenvalue weighted by molar-refractivity contribution is 0.0679. The fraction of sp³-hybridized carbons (Fsp3) is 0.261. The van der Waals surface area contributed by atoms with Crippen LogP contribution in [0.25, 0.3) is 11.3 Å². The fourth-order valence-electron chi connectivity index (χ4n) is 3.24. The molecule has 6 nitrogen and oxygen atoms in total.